The molecule has 2 aromatic heterocycles. The van der Waals surface area contributed by atoms with Crippen molar-refractivity contribution < 1.29 is 18.0 Å². The molecule has 1 amide bonds. The van der Waals surface area contributed by atoms with E-state index in [2.05, 4.69) is 26.3 Å². The van der Waals surface area contributed by atoms with Gasteiger partial charge in [0.2, 0.25) is 0 Å². The molecule has 1 fully saturated rings. The molecule has 1 N–H and O–H groups in total. The van der Waals surface area contributed by atoms with Crippen molar-refractivity contribution in [1.29, 1.82) is 0 Å². The number of likely N-dealkylation sites (tertiary alicyclic amines) is 1. The van der Waals surface area contributed by atoms with Crippen molar-refractivity contribution in [2.75, 3.05) is 11.9 Å². The molecule has 0 bridgehead atoms. The number of aromatic nitrogens is 2. The highest BCUT2D eigenvalue weighted by atomic mass is 79.9. The Labute approximate surface area is 173 Å². The zero-order chi connectivity index (χ0) is 20.1. The lowest BCUT2D eigenvalue weighted by molar-refractivity contribution is -0.173. The van der Waals surface area contributed by atoms with Crippen LogP contribution in [-0.2, 0) is 0 Å². The number of nitrogens with one attached hydrogen (secondary N) is 1. The van der Waals surface area contributed by atoms with Crippen molar-refractivity contribution in [2.24, 2.45) is 0 Å². The molecule has 4 heterocycles. The van der Waals surface area contributed by atoms with Crippen LogP contribution in [0.15, 0.2) is 22.0 Å². The second-order valence-electron chi connectivity index (χ2n) is 7.30. The number of amides is 1. The number of thiophene rings is 1. The molecule has 2 aliphatic rings. The first-order valence-corrected chi connectivity index (χ1v) is 10.9. The molecule has 3 atom stereocenters. The van der Waals surface area contributed by atoms with Crippen LogP contribution >= 0.6 is 27.3 Å². The summed E-state index contributed by atoms with van der Waals surface area (Å²) < 4.78 is 42.6. The number of anilines is 1. The lowest BCUT2D eigenvalue weighted by Gasteiger charge is -2.33. The maximum absolute atomic E-state index is 13.8. The Morgan fingerprint density at radius 3 is 2.82 bits per heavy atom. The molecule has 0 aromatic carbocycles. The first-order chi connectivity index (χ1) is 13.3. The predicted molar refractivity (Wildman–Crippen MR) is 105 cm³/mol. The van der Waals surface area contributed by atoms with Gasteiger partial charge in [-0.3, -0.25) is 4.79 Å². The third-order valence-electron chi connectivity index (χ3n) is 5.45. The van der Waals surface area contributed by atoms with Crippen LogP contribution in [0.4, 0.5) is 19.0 Å². The topological polar surface area (TPSA) is 50.2 Å². The van der Waals surface area contributed by atoms with Gasteiger partial charge in [-0.2, -0.15) is 18.3 Å². The molecular formula is C18H20BrF3N4OS. The van der Waals surface area contributed by atoms with Gasteiger partial charge in [0.05, 0.1) is 10.5 Å². The molecule has 28 heavy (non-hydrogen) atoms. The summed E-state index contributed by atoms with van der Waals surface area (Å²) in [6.07, 6.45) is -1.80. The van der Waals surface area contributed by atoms with Crippen molar-refractivity contribution in [3.8, 4) is 0 Å². The Morgan fingerprint density at radius 1 is 1.39 bits per heavy atom. The molecule has 2 aliphatic heterocycles. The minimum atomic E-state index is -4.46. The van der Waals surface area contributed by atoms with Gasteiger partial charge < -0.3 is 10.2 Å². The Kier molecular flexibility index (Phi) is 5.20. The number of hydrogen-bond donors (Lipinski definition) is 1. The summed E-state index contributed by atoms with van der Waals surface area (Å²) in [5.41, 5.74) is 0.0392. The number of carbonyl (C=O) groups is 1. The fourth-order valence-electron chi connectivity index (χ4n) is 3.94. The van der Waals surface area contributed by atoms with Crippen molar-refractivity contribution in [3.63, 3.8) is 0 Å². The molecule has 152 valence electrons. The zero-order valence-corrected chi connectivity index (χ0v) is 17.6. The van der Waals surface area contributed by atoms with Gasteiger partial charge in [0.15, 0.2) is 11.7 Å². The monoisotopic (exact) mass is 476 g/mol. The minimum Gasteiger partial charge on any atom is -0.362 e. The summed E-state index contributed by atoms with van der Waals surface area (Å²) in [7, 11) is 0. The van der Waals surface area contributed by atoms with E-state index in [-0.39, 0.29) is 29.9 Å². The number of rotatable bonds is 2. The first-order valence-electron chi connectivity index (χ1n) is 9.23. The van der Waals surface area contributed by atoms with E-state index < -0.39 is 18.3 Å². The maximum Gasteiger partial charge on any atom is 0.410 e. The Morgan fingerprint density at radius 2 is 2.18 bits per heavy atom. The molecule has 10 heteroatoms. The molecule has 1 unspecified atom stereocenters. The molecule has 2 aromatic rings. The Balaban J connectivity index is 1.73. The van der Waals surface area contributed by atoms with Crippen molar-refractivity contribution in [2.45, 2.75) is 56.9 Å². The second-order valence-corrected chi connectivity index (χ2v) is 9.08. The van der Waals surface area contributed by atoms with Crippen LogP contribution in [0.2, 0.25) is 0 Å². The summed E-state index contributed by atoms with van der Waals surface area (Å²) in [6.45, 7) is 2.56. The van der Waals surface area contributed by atoms with Gasteiger partial charge in [0.1, 0.15) is 5.82 Å². The average Bonchev–Trinajstić information content (AvgIpc) is 3.29. The number of hydrogen-bond acceptors (Lipinski definition) is 4. The van der Waals surface area contributed by atoms with Gasteiger partial charge in [-0.25, -0.2) is 4.68 Å². The number of nitrogens with zero attached hydrogens (tertiary/aromatic N) is 3. The van der Waals surface area contributed by atoms with Gasteiger partial charge in [0, 0.05) is 23.9 Å². The Hall–Kier alpha value is -1.55. The Bertz CT molecular complexity index is 867. The third kappa shape index (κ3) is 3.45. The normalized spacial score (nSPS) is 25.3. The predicted octanol–water partition coefficient (Wildman–Crippen LogP) is 5.38. The van der Waals surface area contributed by atoms with E-state index in [1.165, 1.54) is 11.3 Å². The number of fused-ring (bicyclic) bond motifs is 1. The number of carbonyl (C=O) groups excluding carboxylic acids is 1. The third-order valence-corrected chi connectivity index (χ3v) is 7.19. The first kappa shape index (κ1) is 19.8. The molecule has 0 saturated carbocycles. The summed E-state index contributed by atoms with van der Waals surface area (Å²) in [6, 6.07) is 1.42. The number of alkyl halides is 3. The van der Waals surface area contributed by atoms with Gasteiger partial charge in [-0.1, -0.05) is 6.07 Å². The van der Waals surface area contributed by atoms with E-state index in [0.29, 0.717) is 11.0 Å². The van der Waals surface area contributed by atoms with Gasteiger partial charge >= 0.3 is 6.18 Å². The highest BCUT2D eigenvalue weighted by Crippen LogP contribution is 2.47. The highest BCUT2D eigenvalue weighted by molar-refractivity contribution is 9.10. The molecule has 5 nitrogen and oxygen atoms in total. The lowest BCUT2D eigenvalue weighted by atomic mass is 10.0. The summed E-state index contributed by atoms with van der Waals surface area (Å²) in [5, 5.41) is 9.12. The van der Waals surface area contributed by atoms with E-state index in [0.717, 1.165) is 28.8 Å². The smallest absolute Gasteiger partial charge is 0.362 e. The molecule has 0 radical (unpaired) electrons. The van der Waals surface area contributed by atoms with Crippen LogP contribution in [-0.4, -0.2) is 39.4 Å². The maximum atomic E-state index is 13.8. The second kappa shape index (κ2) is 7.37. The number of piperidine rings is 1. The van der Waals surface area contributed by atoms with Crippen molar-refractivity contribution in [1.82, 2.24) is 14.7 Å². The fourth-order valence-corrected chi connectivity index (χ4v) is 5.27. The molecule has 0 spiro atoms. The van der Waals surface area contributed by atoms with Crippen LogP contribution in [0.3, 0.4) is 0 Å². The largest absolute Gasteiger partial charge is 0.410 e. The van der Waals surface area contributed by atoms with E-state index in [9.17, 15) is 18.0 Å². The van der Waals surface area contributed by atoms with Crippen molar-refractivity contribution in [3.05, 3.63) is 32.6 Å². The zero-order valence-electron chi connectivity index (χ0n) is 15.2. The molecule has 0 aliphatic carbocycles. The SMILES string of the molecule is CC1CCCCN1C(=O)c1nn2c(c1Br)N[C@@H](c1cccs1)C[C@H]2C(F)(F)F. The molecule has 4 rings (SSSR count). The minimum absolute atomic E-state index is 0.0392. The standard InChI is InChI=1S/C18H20BrF3N4OS/c1-10-5-2-3-7-25(10)17(27)15-14(19)16-23-11(12-6-4-8-28-12)9-13(18(20,21)22)26(16)24-15/h4,6,8,10-11,13,23H,2-3,5,7,9H2,1H3/t10?,11-,13+/m1/s1. The fraction of sp³-hybridized carbons (Fsp3) is 0.556. The van der Waals surface area contributed by atoms with Gasteiger partial charge in [0.25, 0.3) is 5.91 Å². The van der Waals surface area contributed by atoms with Gasteiger partial charge in [-0.05, 0) is 53.6 Å². The van der Waals surface area contributed by atoms with E-state index in [4.69, 9.17) is 0 Å². The van der Waals surface area contributed by atoms with E-state index in [1.54, 1.807) is 4.90 Å². The van der Waals surface area contributed by atoms with Crippen LogP contribution in [0, 0.1) is 0 Å². The van der Waals surface area contributed by atoms with Crippen LogP contribution in [0.25, 0.3) is 0 Å². The van der Waals surface area contributed by atoms with E-state index in [1.807, 2.05) is 24.4 Å². The number of halogens is 4. The average molecular weight is 477 g/mol. The van der Waals surface area contributed by atoms with E-state index >= 15 is 0 Å². The van der Waals surface area contributed by atoms with Gasteiger partial charge in [-0.15, -0.1) is 11.3 Å². The van der Waals surface area contributed by atoms with Crippen LogP contribution < -0.4 is 5.32 Å². The summed E-state index contributed by atoms with van der Waals surface area (Å²) >= 11 is 4.76. The molecular weight excluding hydrogens is 457 g/mol. The summed E-state index contributed by atoms with van der Waals surface area (Å²) in [5.74, 6) is -0.114. The molecule has 1 saturated heterocycles. The van der Waals surface area contributed by atoms with Crippen LogP contribution in [0.1, 0.15) is 60.1 Å². The van der Waals surface area contributed by atoms with Crippen molar-refractivity contribution >= 4 is 39.0 Å². The quantitative estimate of drug-likeness (QED) is 0.632. The van der Waals surface area contributed by atoms with Crippen LogP contribution in [0.5, 0.6) is 0 Å². The highest BCUT2D eigenvalue weighted by Gasteiger charge is 2.48. The summed E-state index contributed by atoms with van der Waals surface area (Å²) in [4.78, 5) is 15.6. The lowest BCUT2D eigenvalue weighted by Crippen LogP contribution is -2.42.